The summed E-state index contributed by atoms with van der Waals surface area (Å²) in [4.78, 5) is 16.1. The number of nitrogens with two attached hydrogens (primary N) is 1. The van der Waals surface area contributed by atoms with Crippen LogP contribution >= 0.6 is 11.3 Å². The lowest BCUT2D eigenvalue weighted by Crippen LogP contribution is -1.99. The molecule has 5 heteroatoms. The Balaban J connectivity index is 1.95. The summed E-state index contributed by atoms with van der Waals surface area (Å²) in [7, 11) is 0. The lowest BCUT2D eigenvalue weighted by Gasteiger charge is -2.04. The number of aryl methyl sites for hydroxylation is 3. The van der Waals surface area contributed by atoms with Gasteiger partial charge in [-0.2, -0.15) is 0 Å². The van der Waals surface area contributed by atoms with Gasteiger partial charge in [-0.3, -0.25) is 0 Å². The van der Waals surface area contributed by atoms with E-state index in [1.165, 1.54) is 16.9 Å². The van der Waals surface area contributed by atoms with Crippen LogP contribution in [0.15, 0.2) is 18.2 Å². The molecule has 2 N–H and O–H groups in total. The van der Waals surface area contributed by atoms with Crippen molar-refractivity contribution in [2.24, 2.45) is 0 Å². The van der Waals surface area contributed by atoms with E-state index in [4.69, 9.17) is 5.73 Å². The second-order valence-electron chi connectivity index (χ2n) is 5.13. The third kappa shape index (κ3) is 1.70. The number of rotatable bonds is 1. The van der Waals surface area contributed by atoms with E-state index in [1.54, 1.807) is 11.3 Å². The van der Waals surface area contributed by atoms with Crippen LogP contribution < -0.4 is 5.73 Å². The molecule has 1 aliphatic carbocycles. The molecule has 20 heavy (non-hydrogen) atoms. The SMILES string of the molecule is Cc1cccc(-c2nc(N)c3c4c(sc3n2)CCC4)n1. The Morgan fingerprint density at radius 3 is 2.90 bits per heavy atom. The van der Waals surface area contributed by atoms with Crippen molar-refractivity contribution in [1.82, 2.24) is 15.0 Å². The molecule has 0 amide bonds. The average molecular weight is 282 g/mol. The molecule has 0 atom stereocenters. The largest absolute Gasteiger partial charge is 0.383 e. The van der Waals surface area contributed by atoms with Crippen molar-refractivity contribution < 1.29 is 0 Å². The first-order chi connectivity index (χ1) is 9.72. The van der Waals surface area contributed by atoms with Crippen molar-refractivity contribution in [3.05, 3.63) is 34.3 Å². The minimum absolute atomic E-state index is 0.590. The minimum atomic E-state index is 0.590. The third-order valence-electron chi connectivity index (χ3n) is 3.71. The van der Waals surface area contributed by atoms with Crippen LogP contribution in [0.2, 0.25) is 0 Å². The maximum atomic E-state index is 6.18. The summed E-state index contributed by atoms with van der Waals surface area (Å²) >= 11 is 1.75. The highest BCUT2D eigenvalue weighted by molar-refractivity contribution is 7.19. The molecular formula is C15H14N4S. The number of hydrogen-bond donors (Lipinski definition) is 1. The fourth-order valence-electron chi connectivity index (χ4n) is 2.81. The Morgan fingerprint density at radius 1 is 1.15 bits per heavy atom. The number of anilines is 1. The Kier molecular flexibility index (Phi) is 2.50. The van der Waals surface area contributed by atoms with Gasteiger partial charge in [0.15, 0.2) is 5.82 Å². The molecule has 0 unspecified atom stereocenters. The first-order valence-corrected chi connectivity index (χ1v) is 7.56. The smallest absolute Gasteiger partial charge is 0.181 e. The molecular weight excluding hydrogens is 268 g/mol. The van der Waals surface area contributed by atoms with Crippen LogP contribution in [0.4, 0.5) is 5.82 Å². The van der Waals surface area contributed by atoms with E-state index in [1.807, 2.05) is 25.1 Å². The number of aromatic nitrogens is 3. The van der Waals surface area contributed by atoms with Gasteiger partial charge in [0.05, 0.1) is 5.39 Å². The number of nitrogen functional groups attached to an aromatic ring is 1. The van der Waals surface area contributed by atoms with Gasteiger partial charge in [-0.15, -0.1) is 11.3 Å². The second-order valence-corrected chi connectivity index (χ2v) is 6.22. The molecule has 0 saturated heterocycles. The first kappa shape index (κ1) is 11.8. The Labute approximate surface area is 120 Å². The number of fused-ring (bicyclic) bond motifs is 3. The molecule has 3 aromatic rings. The van der Waals surface area contributed by atoms with Gasteiger partial charge in [0, 0.05) is 10.6 Å². The van der Waals surface area contributed by atoms with Crippen molar-refractivity contribution >= 4 is 27.4 Å². The van der Waals surface area contributed by atoms with Gasteiger partial charge in [0.25, 0.3) is 0 Å². The first-order valence-electron chi connectivity index (χ1n) is 6.74. The van der Waals surface area contributed by atoms with Crippen LogP contribution in [0.25, 0.3) is 21.7 Å². The molecule has 0 saturated carbocycles. The number of pyridine rings is 1. The Bertz CT molecular complexity index is 822. The van der Waals surface area contributed by atoms with Gasteiger partial charge in [0.2, 0.25) is 0 Å². The van der Waals surface area contributed by atoms with E-state index >= 15 is 0 Å². The summed E-state index contributed by atoms with van der Waals surface area (Å²) in [6.07, 6.45) is 3.47. The highest BCUT2D eigenvalue weighted by Crippen LogP contribution is 2.39. The number of thiophene rings is 1. The molecule has 0 spiro atoms. The zero-order chi connectivity index (χ0) is 13.7. The monoisotopic (exact) mass is 282 g/mol. The second kappa shape index (κ2) is 4.24. The van der Waals surface area contributed by atoms with Crippen LogP contribution in [0, 0.1) is 6.92 Å². The quantitative estimate of drug-likeness (QED) is 0.744. The van der Waals surface area contributed by atoms with E-state index in [0.717, 1.165) is 34.4 Å². The van der Waals surface area contributed by atoms with E-state index in [0.29, 0.717) is 11.6 Å². The standard InChI is InChI=1S/C15H14N4S/c1-8-4-2-6-10(17-8)14-18-13(16)12-9-5-3-7-11(9)20-15(12)19-14/h2,4,6H,3,5,7H2,1H3,(H2,16,18,19). The summed E-state index contributed by atoms with van der Waals surface area (Å²) in [5.74, 6) is 1.21. The highest BCUT2D eigenvalue weighted by Gasteiger charge is 2.21. The Hall–Kier alpha value is -2.01. The van der Waals surface area contributed by atoms with Gasteiger partial charge >= 0.3 is 0 Å². The van der Waals surface area contributed by atoms with E-state index in [2.05, 4.69) is 15.0 Å². The molecule has 3 heterocycles. The average Bonchev–Trinajstić information content (AvgIpc) is 2.98. The van der Waals surface area contributed by atoms with Crippen LogP contribution in [0.1, 0.15) is 22.6 Å². The molecule has 4 rings (SSSR count). The third-order valence-corrected chi connectivity index (χ3v) is 4.90. The highest BCUT2D eigenvalue weighted by atomic mass is 32.1. The molecule has 1 aliphatic rings. The fraction of sp³-hybridized carbons (Fsp3) is 0.267. The van der Waals surface area contributed by atoms with Gasteiger partial charge in [0.1, 0.15) is 16.3 Å². The van der Waals surface area contributed by atoms with Crippen molar-refractivity contribution in [2.45, 2.75) is 26.2 Å². The van der Waals surface area contributed by atoms with Crippen molar-refractivity contribution in [3.63, 3.8) is 0 Å². The zero-order valence-electron chi connectivity index (χ0n) is 11.2. The van der Waals surface area contributed by atoms with E-state index in [9.17, 15) is 0 Å². The van der Waals surface area contributed by atoms with Crippen molar-refractivity contribution in [2.75, 3.05) is 5.73 Å². The molecule has 0 aromatic carbocycles. The van der Waals surface area contributed by atoms with Crippen molar-refractivity contribution in [3.8, 4) is 11.5 Å². The van der Waals surface area contributed by atoms with Crippen LogP contribution in [-0.2, 0) is 12.8 Å². The minimum Gasteiger partial charge on any atom is -0.383 e. The summed E-state index contributed by atoms with van der Waals surface area (Å²) < 4.78 is 0. The maximum absolute atomic E-state index is 6.18. The van der Waals surface area contributed by atoms with Crippen molar-refractivity contribution in [1.29, 1.82) is 0 Å². The molecule has 100 valence electrons. The van der Waals surface area contributed by atoms with Crippen LogP contribution in [0.5, 0.6) is 0 Å². The number of hydrogen-bond acceptors (Lipinski definition) is 5. The predicted octanol–water partition coefficient (Wildman–Crippen LogP) is 3.13. The summed E-state index contributed by atoms with van der Waals surface area (Å²) in [6, 6.07) is 5.86. The van der Waals surface area contributed by atoms with Gasteiger partial charge in [-0.05, 0) is 43.9 Å². The fourth-order valence-corrected chi connectivity index (χ4v) is 4.08. The number of nitrogens with zero attached hydrogens (tertiary/aromatic N) is 3. The van der Waals surface area contributed by atoms with E-state index < -0.39 is 0 Å². The van der Waals surface area contributed by atoms with Gasteiger partial charge in [-0.1, -0.05) is 6.07 Å². The van der Waals surface area contributed by atoms with Gasteiger partial charge in [-0.25, -0.2) is 15.0 Å². The lowest BCUT2D eigenvalue weighted by atomic mass is 10.2. The van der Waals surface area contributed by atoms with Crippen LogP contribution in [-0.4, -0.2) is 15.0 Å². The molecule has 4 nitrogen and oxygen atoms in total. The Morgan fingerprint density at radius 2 is 2.05 bits per heavy atom. The molecule has 0 aliphatic heterocycles. The molecule has 0 fully saturated rings. The zero-order valence-corrected chi connectivity index (χ0v) is 12.0. The normalized spacial score (nSPS) is 13.8. The molecule has 0 radical (unpaired) electrons. The lowest BCUT2D eigenvalue weighted by molar-refractivity contribution is 0.917. The maximum Gasteiger partial charge on any atom is 0.181 e. The van der Waals surface area contributed by atoms with Gasteiger partial charge < -0.3 is 5.73 Å². The van der Waals surface area contributed by atoms with E-state index in [-0.39, 0.29) is 0 Å². The summed E-state index contributed by atoms with van der Waals surface area (Å²) in [5, 5.41) is 1.07. The summed E-state index contributed by atoms with van der Waals surface area (Å²) in [6.45, 7) is 1.96. The summed E-state index contributed by atoms with van der Waals surface area (Å²) in [5.41, 5.74) is 9.29. The topological polar surface area (TPSA) is 64.7 Å². The molecule has 0 bridgehead atoms. The predicted molar refractivity (Wildman–Crippen MR) is 81.8 cm³/mol. The molecule has 3 aromatic heterocycles. The van der Waals surface area contributed by atoms with Crippen LogP contribution in [0.3, 0.4) is 0 Å².